The minimum atomic E-state index is 0. The molecule has 6 nitrogen and oxygen atoms in total. The second-order valence-electron chi connectivity index (χ2n) is 5.95. The second kappa shape index (κ2) is 6.83. The van der Waals surface area contributed by atoms with E-state index in [9.17, 15) is 0 Å². The van der Waals surface area contributed by atoms with Crippen LogP contribution in [-0.2, 0) is 20.1 Å². The zero-order valence-corrected chi connectivity index (χ0v) is 16.8. The third kappa shape index (κ3) is 2.84. The molecule has 4 aromatic rings. The zero-order chi connectivity index (χ0) is 17.6. The Labute approximate surface area is 164 Å². The maximum atomic E-state index is 7.10. The van der Waals surface area contributed by atoms with Gasteiger partial charge in [-0.15, -0.1) is 22.2 Å². The van der Waals surface area contributed by atoms with Crippen LogP contribution in [0, 0.1) is 33.4 Å². The Bertz CT molecular complexity index is 1130. The third-order valence-corrected chi connectivity index (χ3v) is 4.08. The van der Waals surface area contributed by atoms with Crippen molar-refractivity contribution in [2.45, 2.75) is 20.8 Å². The van der Waals surface area contributed by atoms with E-state index in [1.807, 2.05) is 4.57 Å². The maximum Gasteiger partial charge on any atom is 0.439 e. The summed E-state index contributed by atoms with van der Waals surface area (Å²) in [7, 11) is 0. The summed E-state index contributed by atoms with van der Waals surface area (Å²) >= 11 is 0. The molecule has 0 bridgehead atoms. The summed E-state index contributed by atoms with van der Waals surface area (Å²) in [5.74, 6) is 0.616. The number of oxazole rings is 1. The van der Waals surface area contributed by atoms with E-state index in [4.69, 9.17) is 11.0 Å². The fourth-order valence-corrected chi connectivity index (χ4v) is 3.22. The normalized spacial score (nSPS) is 10.5. The van der Waals surface area contributed by atoms with Crippen LogP contribution in [0.3, 0.4) is 0 Å². The molecule has 131 valence electrons. The molecule has 0 aliphatic heterocycles. The Morgan fingerprint density at radius 3 is 2.62 bits per heavy atom. The van der Waals surface area contributed by atoms with Crippen LogP contribution in [0.25, 0.3) is 33.0 Å². The summed E-state index contributed by atoms with van der Waals surface area (Å²) in [4.78, 5) is 7.51. The van der Waals surface area contributed by atoms with E-state index in [1.54, 1.807) is 18.5 Å². The number of fused-ring (bicyclic) bond motifs is 1. The molecule has 0 atom stereocenters. The van der Waals surface area contributed by atoms with Crippen LogP contribution >= 0.6 is 0 Å². The van der Waals surface area contributed by atoms with Crippen molar-refractivity contribution >= 4 is 17.1 Å². The molecule has 7 heteroatoms. The van der Waals surface area contributed by atoms with E-state index in [0.717, 1.165) is 16.8 Å². The summed E-state index contributed by atoms with van der Waals surface area (Å²) in [6.07, 6.45) is 1.68. The van der Waals surface area contributed by atoms with E-state index in [-0.39, 0.29) is 26.1 Å². The number of hydrogen-bond acceptors (Lipinski definition) is 4. The first-order valence-corrected chi connectivity index (χ1v) is 7.76. The molecule has 0 unspecified atom stereocenters. The third-order valence-electron chi connectivity index (χ3n) is 4.08. The average Bonchev–Trinajstić information content (AvgIpc) is 3.19. The van der Waals surface area contributed by atoms with E-state index in [2.05, 4.69) is 59.0 Å². The first-order chi connectivity index (χ1) is 12.1. The fourth-order valence-electron chi connectivity index (χ4n) is 3.22. The number of aryl methyl sites for hydroxylation is 3. The molecule has 0 amide bonds. The molecule has 0 saturated heterocycles. The Morgan fingerprint density at radius 2 is 1.92 bits per heavy atom. The van der Waals surface area contributed by atoms with Gasteiger partial charge < -0.3 is 13.8 Å². The summed E-state index contributed by atoms with van der Waals surface area (Å²) in [5, 5.41) is 8.36. The topological polar surface area (TPSA) is 61.1 Å². The number of benzene rings is 2. The van der Waals surface area contributed by atoms with Crippen LogP contribution in [0.1, 0.15) is 16.7 Å². The SMILES string of the molecule is [C-]#[N+]c1nc2c(-c3nncn3-c3c(C)cc(C)cc3C)[c-]ccc2o1.[Ir]. The van der Waals surface area contributed by atoms with E-state index in [1.165, 1.54) is 5.56 Å². The summed E-state index contributed by atoms with van der Waals surface area (Å²) in [6.45, 7) is 13.3. The Kier molecular flexibility index (Phi) is 4.73. The summed E-state index contributed by atoms with van der Waals surface area (Å²) < 4.78 is 7.35. The summed E-state index contributed by atoms with van der Waals surface area (Å²) in [6, 6.07) is 10.9. The van der Waals surface area contributed by atoms with Crippen molar-refractivity contribution in [3.8, 4) is 17.1 Å². The maximum absolute atomic E-state index is 7.10. The van der Waals surface area contributed by atoms with Gasteiger partial charge in [-0.1, -0.05) is 35.9 Å². The van der Waals surface area contributed by atoms with Gasteiger partial charge in [-0.05, 0) is 31.9 Å². The smallest absolute Gasteiger partial charge is 0.439 e. The number of hydrogen-bond donors (Lipinski definition) is 0. The molecular formula is C19H14IrN5O-. The van der Waals surface area contributed by atoms with Crippen molar-refractivity contribution in [3.63, 3.8) is 0 Å². The first kappa shape index (κ1) is 18.0. The minimum Gasteiger partial charge on any atom is -0.478 e. The van der Waals surface area contributed by atoms with Crippen molar-refractivity contribution in [2.24, 2.45) is 0 Å². The van der Waals surface area contributed by atoms with Crippen LogP contribution in [0.2, 0.25) is 0 Å². The molecular weight excluding hydrogens is 506 g/mol. The van der Waals surface area contributed by atoms with Gasteiger partial charge >= 0.3 is 6.01 Å². The Morgan fingerprint density at radius 1 is 1.19 bits per heavy atom. The predicted molar refractivity (Wildman–Crippen MR) is 93.7 cm³/mol. The minimum absolute atomic E-state index is 0. The molecule has 0 aliphatic rings. The standard InChI is InChI=1S/C19H14N5O.Ir/c1-11-8-12(2)17(13(3)9-11)24-10-21-23-18(24)14-6-5-7-15-16(14)22-19(20-4)25-15;/h5,7-10H,1-3H3;/q-1;. The van der Waals surface area contributed by atoms with Gasteiger partial charge in [0.05, 0.1) is 11.4 Å². The van der Waals surface area contributed by atoms with Crippen molar-refractivity contribution in [1.82, 2.24) is 19.7 Å². The molecule has 0 fully saturated rings. The van der Waals surface area contributed by atoms with Gasteiger partial charge in [-0.2, -0.15) is 5.10 Å². The Balaban J connectivity index is 0.00000196. The van der Waals surface area contributed by atoms with Crippen LogP contribution < -0.4 is 0 Å². The van der Waals surface area contributed by atoms with Gasteiger partial charge in [0.25, 0.3) is 0 Å². The number of nitrogens with zero attached hydrogens (tertiary/aromatic N) is 5. The van der Waals surface area contributed by atoms with Crippen molar-refractivity contribution in [2.75, 3.05) is 0 Å². The number of rotatable bonds is 2. The molecule has 26 heavy (non-hydrogen) atoms. The molecule has 0 spiro atoms. The zero-order valence-electron chi connectivity index (χ0n) is 14.4. The second-order valence-corrected chi connectivity index (χ2v) is 5.95. The largest absolute Gasteiger partial charge is 0.478 e. The monoisotopic (exact) mass is 521 g/mol. The summed E-state index contributed by atoms with van der Waals surface area (Å²) in [5.41, 5.74) is 6.26. The molecule has 2 heterocycles. The number of aromatic nitrogens is 4. The molecule has 4 rings (SSSR count). The van der Waals surface area contributed by atoms with Crippen LogP contribution in [-0.4, -0.2) is 19.7 Å². The van der Waals surface area contributed by atoms with Gasteiger partial charge in [0.1, 0.15) is 11.8 Å². The van der Waals surface area contributed by atoms with Gasteiger partial charge in [-0.25, -0.2) is 0 Å². The van der Waals surface area contributed by atoms with Crippen LogP contribution in [0.5, 0.6) is 0 Å². The molecule has 2 aromatic heterocycles. The molecule has 2 aromatic carbocycles. The molecule has 0 N–H and O–H groups in total. The molecule has 1 radical (unpaired) electrons. The van der Waals surface area contributed by atoms with Gasteiger partial charge in [0, 0.05) is 25.8 Å². The van der Waals surface area contributed by atoms with Crippen LogP contribution in [0.15, 0.2) is 35.0 Å². The van der Waals surface area contributed by atoms with Gasteiger partial charge in [-0.3, -0.25) is 0 Å². The van der Waals surface area contributed by atoms with Crippen molar-refractivity contribution in [1.29, 1.82) is 0 Å². The average molecular weight is 521 g/mol. The van der Waals surface area contributed by atoms with Gasteiger partial charge in [0.2, 0.25) is 0 Å². The van der Waals surface area contributed by atoms with E-state index in [0.29, 0.717) is 22.5 Å². The van der Waals surface area contributed by atoms with Crippen LogP contribution in [0.4, 0.5) is 6.01 Å². The fraction of sp³-hybridized carbons (Fsp3) is 0.158. The first-order valence-electron chi connectivity index (χ1n) is 7.76. The van der Waals surface area contributed by atoms with E-state index >= 15 is 0 Å². The van der Waals surface area contributed by atoms with Gasteiger partial charge in [0.15, 0.2) is 0 Å². The molecule has 0 saturated carbocycles. The van der Waals surface area contributed by atoms with E-state index < -0.39 is 0 Å². The Hall–Kier alpha value is -2.81. The van der Waals surface area contributed by atoms with Crippen molar-refractivity contribution < 1.29 is 24.5 Å². The van der Waals surface area contributed by atoms with Crippen molar-refractivity contribution in [3.05, 3.63) is 64.8 Å². The molecule has 0 aliphatic carbocycles. The predicted octanol–water partition coefficient (Wildman–Crippen LogP) is 4.35. The quantitative estimate of drug-likeness (QED) is 0.369.